The van der Waals surface area contributed by atoms with Crippen LogP contribution in [-0.2, 0) is 20.7 Å². The van der Waals surface area contributed by atoms with Crippen LogP contribution in [0, 0.1) is 5.82 Å². The third-order valence-electron chi connectivity index (χ3n) is 3.95. The molecule has 0 aliphatic heterocycles. The van der Waals surface area contributed by atoms with Crippen LogP contribution in [0.3, 0.4) is 0 Å². The summed E-state index contributed by atoms with van der Waals surface area (Å²) in [7, 11) is 1.27. The second-order valence-corrected chi connectivity index (χ2v) is 7.05. The number of nitrogens with one attached hydrogen (secondary N) is 2. The van der Waals surface area contributed by atoms with E-state index in [0.717, 1.165) is 11.3 Å². The van der Waals surface area contributed by atoms with Gasteiger partial charge in [0.1, 0.15) is 11.6 Å². The fourth-order valence-corrected chi connectivity index (χ4v) is 3.17. The number of halogens is 1. The van der Waals surface area contributed by atoms with E-state index < -0.39 is 17.7 Å². The molecule has 2 aromatic carbocycles. The van der Waals surface area contributed by atoms with Crippen LogP contribution >= 0.6 is 11.3 Å². The van der Waals surface area contributed by atoms with Gasteiger partial charge in [0.05, 0.1) is 24.8 Å². The Bertz CT molecular complexity index is 1080. The summed E-state index contributed by atoms with van der Waals surface area (Å²) < 4.78 is 23.4. The first-order chi connectivity index (χ1) is 14.9. The van der Waals surface area contributed by atoms with Crippen LogP contribution < -0.4 is 15.4 Å². The molecule has 0 aliphatic carbocycles. The van der Waals surface area contributed by atoms with Gasteiger partial charge in [-0.15, -0.1) is 11.3 Å². The summed E-state index contributed by atoms with van der Waals surface area (Å²) in [6.45, 7) is -0.207. The Labute approximate surface area is 181 Å². The Morgan fingerprint density at radius 1 is 1.06 bits per heavy atom. The van der Waals surface area contributed by atoms with Crippen molar-refractivity contribution in [1.29, 1.82) is 0 Å². The Morgan fingerprint density at radius 3 is 2.52 bits per heavy atom. The SMILES string of the molecule is COC(=O)COc1ccc(NC(=O)Cc2csc(NC(=O)c3ccccc3F)n2)cc1. The molecule has 160 valence electrons. The fourth-order valence-electron chi connectivity index (χ4n) is 2.46. The maximum atomic E-state index is 13.7. The molecule has 8 nitrogen and oxygen atoms in total. The van der Waals surface area contributed by atoms with E-state index in [4.69, 9.17) is 4.74 Å². The number of rotatable bonds is 8. The van der Waals surface area contributed by atoms with Gasteiger partial charge in [0.2, 0.25) is 5.91 Å². The summed E-state index contributed by atoms with van der Waals surface area (Å²) in [5, 5.41) is 7.15. The highest BCUT2D eigenvalue weighted by Crippen LogP contribution is 2.19. The second kappa shape index (κ2) is 10.3. The predicted molar refractivity (Wildman–Crippen MR) is 113 cm³/mol. The number of anilines is 2. The number of aromatic nitrogens is 1. The van der Waals surface area contributed by atoms with Crippen LogP contribution in [0.15, 0.2) is 53.9 Å². The van der Waals surface area contributed by atoms with Crippen molar-refractivity contribution < 1.29 is 28.2 Å². The lowest BCUT2D eigenvalue weighted by Crippen LogP contribution is -2.15. The highest BCUT2D eigenvalue weighted by atomic mass is 32.1. The van der Waals surface area contributed by atoms with Crippen LogP contribution in [0.2, 0.25) is 0 Å². The smallest absolute Gasteiger partial charge is 0.343 e. The number of ether oxygens (including phenoxy) is 2. The minimum atomic E-state index is -0.627. The number of benzene rings is 2. The fraction of sp³-hybridized carbons (Fsp3) is 0.143. The van der Waals surface area contributed by atoms with Gasteiger partial charge in [-0.25, -0.2) is 14.2 Å². The molecule has 31 heavy (non-hydrogen) atoms. The van der Waals surface area contributed by atoms with Gasteiger partial charge in [0.15, 0.2) is 11.7 Å². The molecule has 3 rings (SSSR count). The molecule has 0 bridgehead atoms. The Hall–Kier alpha value is -3.79. The molecule has 1 heterocycles. The number of esters is 1. The van der Waals surface area contributed by atoms with Gasteiger partial charge < -0.3 is 14.8 Å². The molecule has 0 radical (unpaired) electrons. The average molecular weight is 443 g/mol. The van der Waals surface area contributed by atoms with Crippen LogP contribution in [0.5, 0.6) is 5.75 Å². The quantitative estimate of drug-likeness (QED) is 0.518. The first-order valence-electron chi connectivity index (χ1n) is 9.04. The minimum absolute atomic E-state index is 0.00728. The van der Waals surface area contributed by atoms with E-state index in [0.29, 0.717) is 17.1 Å². The molecule has 3 aromatic rings. The topological polar surface area (TPSA) is 107 Å². The molecular formula is C21H18FN3O5S. The van der Waals surface area contributed by atoms with Crippen molar-refractivity contribution in [2.45, 2.75) is 6.42 Å². The molecule has 0 unspecified atom stereocenters. The van der Waals surface area contributed by atoms with Crippen molar-refractivity contribution in [3.63, 3.8) is 0 Å². The first kappa shape index (κ1) is 21.9. The number of thiazole rings is 1. The zero-order valence-corrected chi connectivity index (χ0v) is 17.2. The summed E-state index contributed by atoms with van der Waals surface area (Å²) in [6.07, 6.45) is -0.00728. The van der Waals surface area contributed by atoms with Gasteiger partial charge in [-0.3, -0.25) is 14.9 Å². The Kier molecular flexibility index (Phi) is 7.28. The highest BCUT2D eigenvalue weighted by Gasteiger charge is 2.14. The van der Waals surface area contributed by atoms with Crippen molar-refractivity contribution in [3.05, 3.63) is 71.0 Å². The van der Waals surface area contributed by atoms with Gasteiger partial charge in [0.25, 0.3) is 5.91 Å². The maximum absolute atomic E-state index is 13.7. The van der Waals surface area contributed by atoms with Crippen LogP contribution in [0.1, 0.15) is 16.1 Å². The van der Waals surface area contributed by atoms with Gasteiger partial charge in [-0.1, -0.05) is 12.1 Å². The van der Waals surface area contributed by atoms with Crippen molar-refractivity contribution in [2.24, 2.45) is 0 Å². The predicted octanol–water partition coefficient (Wildman–Crippen LogP) is 3.27. The van der Waals surface area contributed by atoms with Crippen LogP contribution in [0.25, 0.3) is 0 Å². The maximum Gasteiger partial charge on any atom is 0.343 e. The summed E-state index contributed by atoms with van der Waals surface area (Å²) in [6, 6.07) is 12.1. The van der Waals surface area contributed by atoms with Crippen molar-refractivity contribution >= 4 is 39.9 Å². The molecule has 0 saturated carbocycles. The summed E-state index contributed by atoms with van der Waals surface area (Å²) >= 11 is 1.14. The first-order valence-corrected chi connectivity index (χ1v) is 9.92. The van der Waals surface area contributed by atoms with Crippen molar-refractivity contribution in [3.8, 4) is 5.75 Å². The van der Waals surface area contributed by atoms with E-state index >= 15 is 0 Å². The lowest BCUT2D eigenvalue weighted by atomic mass is 10.2. The largest absolute Gasteiger partial charge is 0.482 e. The second-order valence-electron chi connectivity index (χ2n) is 6.19. The lowest BCUT2D eigenvalue weighted by Gasteiger charge is -2.07. The van der Waals surface area contributed by atoms with Crippen molar-refractivity contribution in [2.75, 3.05) is 24.4 Å². The third kappa shape index (κ3) is 6.34. The molecule has 1 aromatic heterocycles. The normalized spacial score (nSPS) is 10.3. The number of hydrogen-bond acceptors (Lipinski definition) is 7. The molecule has 0 atom stereocenters. The number of nitrogens with zero attached hydrogens (tertiary/aromatic N) is 1. The van der Waals surface area contributed by atoms with Gasteiger partial charge in [0, 0.05) is 11.1 Å². The van der Waals surface area contributed by atoms with Crippen LogP contribution in [0.4, 0.5) is 15.2 Å². The molecular weight excluding hydrogens is 425 g/mol. The van der Waals surface area contributed by atoms with Gasteiger partial charge >= 0.3 is 5.97 Å². The van der Waals surface area contributed by atoms with E-state index in [1.54, 1.807) is 35.7 Å². The summed E-state index contributed by atoms with van der Waals surface area (Å²) in [5.41, 5.74) is 0.916. The molecule has 2 N–H and O–H groups in total. The average Bonchev–Trinajstić information content (AvgIpc) is 3.19. The van der Waals surface area contributed by atoms with E-state index in [9.17, 15) is 18.8 Å². The zero-order valence-electron chi connectivity index (χ0n) is 16.4. The molecule has 2 amide bonds. The number of carbonyl (C=O) groups is 3. The standard InChI is InChI=1S/C21H18FN3O5S/c1-29-19(27)11-30-15-8-6-13(7-9-15)23-18(26)10-14-12-31-21(24-14)25-20(28)16-4-2-3-5-17(16)22/h2-9,12H,10-11H2,1H3,(H,23,26)(H,24,25,28). The monoisotopic (exact) mass is 443 g/mol. The minimum Gasteiger partial charge on any atom is -0.482 e. The van der Waals surface area contributed by atoms with E-state index in [-0.39, 0.29) is 29.6 Å². The molecule has 0 spiro atoms. The zero-order chi connectivity index (χ0) is 22.2. The third-order valence-corrected chi connectivity index (χ3v) is 4.76. The number of methoxy groups -OCH3 is 1. The Balaban J connectivity index is 1.51. The number of amides is 2. The van der Waals surface area contributed by atoms with Gasteiger partial charge in [-0.05, 0) is 36.4 Å². The summed E-state index contributed by atoms with van der Waals surface area (Å²) in [5.74, 6) is -1.58. The highest BCUT2D eigenvalue weighted by molar-refractivity contribution is 7.14. The van der Waals surface area contributed by atoms with Crippen molar-refractivity contribution in [1.82, 2.24) is 4.98 Å². The summed E-state index contributed by atoms with van der Waals surface area (Å²) in [4.78, 5) is 39.6. The Morgan fingerprint density at radius 2 is 1.81 bits per heavy atom. The van der Waals surface area contributed by atoms with Crippen LogP contribution in [-0.4, -0.2) is 36.5 Å². The van der Waals surface area contributed by atoms with E-state index in [1.165, 1.54) is 25.3 Å². The number of carbonyl (C=O) groups excluding carboxylic acids is 3. The molecule has 0 fully saturated rings. The van der Waals surface area contributed by atoms with Gasteiger partial charge in [-0.2, -0.15) is 0 Å². The van der Waals surface area contributed by atoms with E-state index in [2.05, 4.69) is 20.4 Å². The molecule has 0 aliphatic rings. The number of hydrogen-bond donors (Lipinski definition) is 2. The molecule has 0 saturated heterocycles. The van der Waals surface area contributed by atoms with E-state index in [1.807, 2.05) is 0 Å². The lowest BCUT2D eigenvalue weighted by molar-refractivity contribution is -0.142. The molecule has 10 heteroatoms.